The van der Waals surface area contributed by atoms with Gasteiger partial charge >= 0.3 is 0 Å². The number of sulfonamides is 1. The van der Waals surface area contributed by atoms with Gasteiger partial charge in [-0.2, -0.15) is 0 Å². The van der Waals surface area contributed by atoms with Gasteiger partial charge in [0, 0.05) is 29.6 Å². The van der Waals surface area contributed by atoms with E-state index in [9.17, 15) is 18.0 Å². The third kappa shape index (κ3) is 9.48. The smallest absolute Gasteiger partial charge is 0.265 e. The molecule has 0 fully saturated rings. The number of anilines is 1. The first-order valence-electron chi connectivity index (χ1n) is 16.0. The average molecular weight is 722 g/mol. The normalized spacial score (nSPS) is 12.1. The Balaban J connectivity index is 1.89. The van der Waals surface area contributed by atoms with Crippen LogP contribution in [0.2, 0.25) is 5.02 Å². The zero-order valence-electron chi connectivity index (χ0n) is 29.4. The van der Waals surface area contributed by atoms with Crippen molar-refractivity contribution >= 4 is 39.1 Å². The molecule has 0 heterocycles. The SMILES string of the molecule is COc1ccc(S(=O)(=O)N(CC(=O)N(Cc2ccc(C)cc2)[C@@H](Cc2ccccc2)C(=O)NC(C)(C)C)c2cc(Cl)ccc2OC)cc1OC. The van der Waals surface area contributed by atoms with Crippen molar-refractivity contribution in [2.45, 2.75) is 57.1 Å². The van der Waals surface area contributed by atoms with Crippen LogP contribution in [0, 0.1) is 6.92 Å². The summed E-state index contributed by atoms with van der Waals surface area (Å²) in [6.07, 6.45) is 0.184. The molecule has 1 atom stereocenters. The molecule has 0 bridgehead atoms. The summed E-state index contributed by atoms with van der Waals surface area (Å²) in [6, 6.07) is 24.6. The van der Waals surface area contributed by atoms with E-state index in [1.54, 1.807) is 6.07 Å². The Hall–Kier alpha value is -4.74. The van der Waals surface area contributed by atoms with Crippen LogP contribution in [0.3, 0.4) is 0 Å². The van der Waals surface area contributed by atoms with E-state index in [2.05, 4.69) is 5.32 Å². The molecule has 266 valence electrons. The molecular weight excluding hydrogens is 678 g/mol. The minimum Gasteiger partial charge on any atom is -0.495 e. The molecule has 0 aliphatic rings. The Morgan fingerprint density at radius 2 is 1.42 bits per heavy atom. The maximum atomic E-state index is 14.8. The van der Waals surface area contributed by atoms with Gasteiger partial charge in [0.1, 0.15) is 18.3 Å². The molecule has 1 N–H and O–H groups in total. The third-order valence-corrected chi connectivity index (χ3v) is 9.87. The highest BCUT2D eigenvalue weighted by atomic mass is 35.5. The van der Waals surface area contributed by atoms with E-state index in [0.717, 1.165) is 21.0 Å². The lowest BCUT2D eigenvalue weighted by atomic mass is 10.0. The summed E-state index contributed by atoms with van der Waals surface area (Å²) >= 11 is 6.40. The Bertz CT molecular complexity index is 1900. The van der Waals surface area contributed by atoms with Gasteiger partial charge in [-0.25, -0.2) is 8.42 Å². The molecule has 0 unspecified atom stereocenters. The fourth-order valence-electron chi connectivity index (χ4n) is 5.37. The van der Waals surface area contributed by atoms with Crippen LogP contribution in [0.1, 0.15) is 37.5 Å². The molecule has 4 aromatic rings. The Morgan fingerprint density at radius 1 is 0.800 bits per heavy atom. The lowest BCUT2D eigenvalue weighted by Crippen LogP contribution is -2.56. The van der Waals surface area contributed by atoms with Crippen LogP contribution in [0.15, 0.2) is 95.9 Å². The summed E-state index contributed by atoms with van der Waals surface area (Å²) in [5, 5.41) is 3.26. The van der Waals surface area contributed by atoms with E-state index in [-0.39, 0.29) is 46.0 Å². The van der Waals surface area contributed by atoms with E-state index < -0.39 is 34.1 Å². The lowest BCUT2D eigenvalue weighted by molar-refractivity contribution is -0.140. The van der Waals surface area contributed by atoms with Crippen LogP contribution in [-0.4, -0.2) is 64.6 Å². The maximum Gasteiger partial charge on any atom is 0.265 e. The second kappa shape index (κ2) is 16.3. The summed E-state index contributed by atoms with van der Waals surface area (Å²) in [4.78, 5) is 30.2. The molecule has 0 aliphatic carbocycles. The fraction of sp³-hybridized carbons (Fsp3) is 0.316. The van der Waals surface area contributed by atoms with Gasteiger partial charge in [0.2, 0.25) is 11.8 Å². The molecule has 50 heavy (non-hydrogen) atoms. The molecule has 4 rings (SSSR count). The number of methoxy groups -OCH3 is 3. The molecular formula is C38H44ClN3O7S. The standard InChI is InChI=1S/C38H44ClN3O7S/c1-26-13-15-28(16-14-26)24-41(32(37(44)40-38(2,3)4)21-27-11-9-8-10-12-27)36(43)25-42(31-22-29(39)17-19-33(31)47-5)50(45,46)30-18-20-34(48-6)35(23-30)49-7/h8-20,22-23,32H,21,24-25H2,1-7H3,(H,40,44)/t32-/m0/s1. The number of amides is 2. The van der Waals surface area contributed by atoms with Crippen molar-refractivity contribution in [3.05, 3.63) is 113 Å². The van der Waals surface area contributed by atoms with Crippen molar-refractivity contribution in [3.63, 3.8) is 0 Å². The number of carbonyl (C=O) groups excluding carboxylic acids is 2. The Labute approximate surface area is 300 Å². The van der Waals surface area contributed by atoms with Crippen LogP contribution >= 0.6 is 11.6 Å². The van der Waals surface area contributed by atoms with Crippen molar-refractivity contribution < 1.29 is 32.2 Å². The van der Waals surface area contributed by atoms with E-state index in [1.165, 1.54) is 56.6 Å². The first-order chi connectivity index (χ1) is 23.7. The molecule has 10 nitrogen and oxygen atoms in total. The van der Waals surface area contributed by atoms with Gasteiger partial charge in [-0.3, -0.25) is 13.9 Å². The number of carbonyl (C=O) groups is 2. The van der Waals surface area contributed by atoms with Crippen LogP contribution in [0.4, 0.5) is 5.69 Å². The Morgan fingerprint density at radius 3 is 2.02 bits per heavy atom. The Kier molecular flexibility index (Phi) is 12.4. The van der Waals surface area contributed by atoms with E-state index in [4.69, 9.17) is 25.8 Å². The highest BCUT2D eigenvalue weighted by Crippen LogP contribution is 2.37. The minimum absolute atomic E-state index is 0.0328. The number of aryl methyl sites for hydroxylation is 1. The van der Waals surface area contributed by atoms with Gasteiger partial charge in [0.25, 0.3) is 10.0 Å². The average Bonchev–Trinajstić information content (AvgIpc) is 3.08. The zero-order valence-corrected chi connectivity index (χ0v) is 31.0. The molecule has 0 spiro atoms. The summed E-state index contributed by atoms with van der Waals surface area (Å²) in [5.74, 6) is -0.325. The van der Waals surface area contributed by atoms with Gasteiger partial charge in [-0.1, -0.05) is 71.8 Å². The highest BCUT2D eigenvalue weighted by molar-refractivity contribution is 7.92. The van der Waals surface area contributed by atoms with Crippen molar-refractivity contribution in [2.75, 3.05) is 32.2 Å². The number of hydrogen-bond donors (Lipinski definition) is 1. The van der Waals surface area contributed by atoms with Crippen LogP contribution < -0.4 is 23.8 Å². The molecule has 4 aromatic carbocycles. The van der Waals surface area contributed by atoms with Gasteiger partial charge in [0.05, 0.1) is 31.9 Å². The predicted molar refractivity (Wildman–Crippen MR) is 196 cm³/mol. The molecule has 0 radical (unpaired) electrons. The molecule has 0 aliphatic heterocycles. The number of nitrogens with one attached hydrogen (secondary N) is 1. The van der Waals surface area contributed by atoms with Gasteiger partial charge in [0.15, 0.2) is 11.5 Å². The minimum atomic E-state index is -4.49. The highest BCUT2D eigenvalue weighted by Gasteiger charge is 2.37. The van der Waals surface area contributed by atoms with Gasteiger partial charge in [-0.15, -0.1) is 0 Å². The monoisotopic (exact) mass is 721 g/mol. The number of rotatable bonds is 14. The van der Waals surface area contributed by atoms with Gasteiger partial charge in [-0.05, 0) is 69.2 Å². The van der Waals surface area contributed by atoms with Crippen LogP contribution in [0.5, 0.6) is 17.2 Å². The molecule has 12 heteroatoms. The van der Waals surface area contributed by atoms with Crippen LogP contribution in [-0.2, 0) is 32.6 Å². The molecule has 0 aromatic heterocycles. The summed E-state index contributed by atoms with van der Waals surface area (Å²) in [5.41, 5.74) is 2.05. The first kappa shape index (κ1) is 38.1. The van der Waals surface area contributed by atoms with Gasteiger partial charge < -0.3 is 24.4 Å². The zero-order chi connectivity index (χ0) is 36.6. The first-order valence-corrected chi connectivity index (χ1v) is 17.8. The van der Waals surface area contributed by atoms with Crippen molar-refractivity contribution in [1.29, 1.82) is 0 Å². The molecule has 2 amide bonds. The summed E-state index contributed by atoms with van der Waals surface area (Å²) in [7, 11) is -0.256. The number of benzene rings is 4. The van der Waals surface area contributed by atoms with Crippen molar-refractivity contribution in [3.8, 4) is 17.2 Å². The number of ether oxygens (including phenoxy) is 3. The second-order valence-corrected chi connectivity index (χ2v) is 15.1. The van der Waals surface area contributed by atoms with Crippen molar-refractivity contribution in [2.24, 2.45) is 0 Å². The maximum absolute atomic E-state index is 14.8. The van der Waals surface area contributed by atoms with E-state index >= 15 is 0 Å². The lowest BCUT2D eigenvalue weighted by Gasteiger charge is -2.35. The third-order valence-electron chi connectivity index (χ3n) is 7.87. The predicted octanol–water partition coefficient (Wildman–Crippen LogP) is 6.42. The number of hydrogen-bond acceptors (Lipinski definition) is 7. The fourth-order valence-corrected chi connectivity index (χ4v) is 6.97. The molecule has 0 saturated carbocycles. The van der Waals surface area contributed by atoms with Crippen LogP contribution in [0.25, 0.3) is 0 Å². The summed E-state index contributed by atoms with van der Waals surface area (Å²) in [6.45, 7) is 6.88. The second-order valence-electron chi connectivity index (χ2n) is 12.8. The summed E-state index contributed by atoms with van der Waals surface area (Å²) < 4.78 is 46.4. The molecule has 0 saturated heterocycles. The number of nitrogens with zero attached hydrogens (tertiary/aromatic N) is 2. The van der Waals surface area contributed by atoms with E-state index in [0.29, 0.717) is 5.75 Å². The largest absolute Gasteiger partial charge is 0.495 e. The van der Waals surface area contributed by atoms with Crippen molar-refractivity contribution in [1.82, 2.24) is 10.2 Å². The number of halogens is 1. The quantitative estimate of drug-likeness (QED) is 0.160. The van der Waals surface area contributed by atoms with E-state index in [1.807, 2.05) is 82.3 Å². The topological polar surface area (TPSA) is 114 Å².